The van der Waals surface area contributed by atoms with E-state index in [4.69, 9.17) is 0 Å². The van der Waals surface area contributed by atoms with Gasteiger partial charge in [0, 0.05) is 6.20 Å². The number of aliphatic hydroxyl groups excluding tert-OH is 1. The zero-order valence-corrected chi connectivity index (χ0v) is 11.8. The first-order valence-electron chi connectivity index (χ1n) is 7.34. The Hall–Kier alpha value is -1.22. The summed E-state index contributed by atoms with van der Waals surface area (Å²) >= 11 is 0. The van der Waals surface area contributed by atoms with E-state index in [0.29, 0.717) is 0 Å². The molecule has 2 rings (SSSR count). The molecule has 0 radical (unpaired) electrons. The number of carbonyl (C=O) groups is 1. The molecular weight excluding hydrogens is 238 g/mol. The number of rotatable bonds is 5. The molecule has 1 aliphatic rings. The monoisotopic (exact) mass is 261 g/mol. The topological polar surface area (TPSA) is 50.2 Å². The summed E-state index contributed by atoms with van der Waals surface area (Å²) in [6, 6.07) is 3.97. The zero-order valence-electron chi connectivity index (χ0n) is 11.8. The molecule has 1 N–H and O–H groups in total. The molecule has 0 amide bonds. The highest BCUT2D eigenvalue weighted by atomic mass is 16.3. The summed E-state index contributed by atoms with van der Waals surface area (Å²) in [6.07, 6.45) is 5.40. The van der Waals surface area contributed by atoms with Gasteiger partial charge in [-0.05, 0) is 36.8 Å². The van der Waals surface area contributed by atoms with Crippen molar-refractivity contribution in [3.05, 3.63) is 29.6 Å². The van der Waals surface area contributed by atoms with E-state index in [2.05, 4.69) is 4.98 Å². The van der Waals surface area contributed by atoms with Crippen molar-refractivity contribution in [2.24, 2.45) is 5.92 Å². The summed E-state index contributed by atoms with van der Waals surface area (Å²) in [5.41, 5.74) is 2.06. The van der Waals surface area contributed by atoms with E-state index < -0.39 is 6.10 Å². The van der Waals surface area contributed by atoms with Crippen molar-refractivity contribution >= 4 is 5.78 Å². The number of aryl methyl sites for hydroxylation is 1. The van der Waals surface area contributed by atoms with E-state index in [1.165, 1.54) is 5.56 Å². The molecule has 0 spiro atoms. The lowest BCUT2D eigenvalue weighted by Gasteiger charge is -2.27. The minimum Gasteiger partial charge on any atom is -0.385 e. The van der Waals surface area contributed by atoms with Gasteiger partial charge in [-0.2, -0.15) is 0 Å². The lowest BCUT2D eigenvalue weighted by atomic mass is 9.79. The van der Waals surface area contributed by atoms with E-state index in [-0.39, 0.29) is 17.6 Å². The Kier molecular flexibility index (Phi) is 4.70. The SMILES string of the molecule is CCC(CC)C(O)C(=O)C1CCCc2cccnc21. The van der Waals surface area contributed by atoms with E-state index in [9.17, 15) is 9.90 Å². The summed E-state index contributed by atoms with van der Waals surface area (Å²) in [5.74, 6) is -0.171. The fourth-order valence-electron chi connectivity index (χ4n) is 3.06. The van der Waals surface area contributed by atoms with Gasteiger partial charge >= 0.3 is 0 Å². The molecule has 19 heavy (non-hydrogen) atoms. The Morgan fingerprint density at radius 2 is 2.21 bits per heavy atom. The standard InChI is InChI=1S/C16H23NO2/c1-3-11(4-2)15(18)16(19)13-9-5-7-12-8-6-10-17-14(12)13/h6,8,10-11,13,15,18H,3-5,7,9H2,1-2H3. The molecule has 3 nitrogen and oxygen atoms in total. The van der Waals surface area contributed by atoms with Crippen molar-refractivity contribution in [1.29, 1.82) is 0 Å². The third kappa shape index (κ3) is 2.86. The molecule has 1 aromatic rings. The number of hydrogen-bond donors (Lipinski definition) is 1. The first-order chi connectivity index (χ1) is 9.19. The van der Waals surface area contributed by atoms with Gasteiger partial charge in [0.2, 0.25) is 0 Å². The minimum atomic E-state index is -0.840. The summed E-state index contributed by atoms with van der Waals surface area (Å²) < 4.78 is 0. The largest absolute Gasteiger partial charge is 0.385 e. The molecule has 1 aromatic heterocycles. The van der Waals surface area contributed by atoms with Gasteiger partial charge in [0.1, 0.15) is 6.10 Å². The highest BCUT2D eigenvalue weighted by Crippen LogP contribution is 2.32. The van der Waals surface area contributed by atoms with Crippen molar-refractivity contribution in [3.8, 4) is 0 Å². The van der Waals surface area contributed by atoms with Crippen LogP contribution in [-0.4, -0.2) is 22.0 Å². The number of pyridine rings is 1. The van der Waals surface area contributed by atoms with E-state index >= 15 is 0 Å². The smallest absolute Gasteiger partial charge is 0.170 e. The Labute approximate surface area is 115 Å². The van der Waals surface area contributed by atoms with Crippen LogP contribution in [0.25, 0.3) is 0 Å². The number of nitrogens with zero attached hydrogens (tertiary/aromatic N) is 1. The number of carbonyl (C=O) groups excluding carboxylic acids is 1. The van der Waals surface area contributed by atoms with Crippen LogP contribution in [0.5, 0.6) is 0 Å². The van der Waals surface area contributed by atoms with Crippen LogP contribution in [-0.2, 0) is 11.2 Å². The number of Topliss-reactive ketones (excluding diaryl/α,β-unsaturated/α-hetero) is 1. The summed E-state index contributed by atoms with van der Waals surface area (Å²) in [7, 11) is 0. The van der Waals surface area contributed by atoms with Crippen molar-refractivity contribution in [1.82, 2.24) is 4.98 Å². The average Bonchev–Trinajstić information content (AvgIpc) is 2.47. The molecule has 0 bridgehead atoms. The summed E-state index contributed by atoms with van der Waals surface area (Å²) in [5, 5.41) is 10.3. The zero-order chi connectivity index (χ0) is 13.8. The van der Waals surface area contributed by atoms with Crippen LogP contribution in [0.1, 0.15) is 56.7 Å². The number of fused-ring (bicyclic) bond motifs is 1. The maximum Gasteiger partial charge on any atom is 0.170 e. The quantitative estimate of drug-likeness (QED) is 0.886. The van der Waals surface area contributed by atoms with Crippen LogP contribution in [0, 0.1) is 5.92 Å². The maximum absolute atomic E-state index is 12.5. The highest BCUT2D eigenvalue weighted by Gasteiger charge is 2.34. The molecule has 0 saturated carbocycles. The third-order valence-electron chi connectivity index (χ3n) is 4.33. The van der Waals surface area contributed by atoms with Gasteiger partial charge in [0.15, 0.2) is 5.78 Å². The second-order valence-corrected chi connectivity index (χ2v) is 5.42. The Bertz CT molecular complexity index is 440. The van der Waals surface area contributed by atoms with Crippen molar-refractivity contribution in [2.45, 2.75) is 58.0 Å². The predicted octanol–water partition coefficient (Wildman–Crippen LogP) is 2.87. The Morgan fingerprint density at radius 1 is 1.47 bits per heavy atom. The molecule has 0 fully saturated rings. The van der Waals surface area contributed by atoms with Crippen LogP contribution in [0.3, 0.4) is 0 Å². The second-order valence-electron chi connectivity index (χ2n) is 5.42. The number of hydrogen-bond acceptors (Lipinski definition) is 3. The minimum absolute atomic E-state index is 0.0339. The predicted molar refractivity (Wildman–Crippen MR) is 75.0 cm³/mol. The van der Waals surface area contributed by atoms with Gasteiger partial charge in [0.05, 0.1) is 11.6 Å². The molecule has 1 heterocycles. The molecule has 1 aliphatic carbocycles. The van der Waals surface area contributed by atoms with Gasteiger partial charge in [-0.3, -0.25) is 9.78 Å². The lowest BCUT2D eigenvalue weighted by Crippen LogP contribution is -2.35. The van der Waals surface area contributed by atoms with Crippen LogP contribution in [0.2, 0.25) is 0 Å². The fourth-order valence-corrected chi connectivity index (χ4v) is 3.06. The first kappa shape index (κ1) is 14.2. The molecule has 2 atom stereocenters. The van der Waals surface area contributed by atoms with Crippen molar-refractivity contribution in [3.63, 3.8) is 0 Å². The normalized spacial score (nSPS) is 20.1. The van der Waals surface area contributed by atoms with Crippen molar-refractivity contribution in [2.75, 3.05) is 0 Å². The molecule has 2 unspecified atom stereocenters. The van der Waals surface area contributed by atoms with Gasteiger partial charge < -0.3 is 5.11 Å². The first-order valence-corrected chi connectivity index (χ1v) is 7.34. The number of aromatic nitrogens is 1. The number of ketones is 1. The highest BCUT2D eigenvalue weighted by molar-refractivity contribution is 5.89. The second kappa shape index (κ2) is 6.29. The maximum atomic E-state index is 12.5. The van der Waals surface area contributed by atoms with E-state index in [1.807, 2.05) is 26.0 Å². The number of aliphatic hydroxyl groups is 1. The van der Waals surface area contributed by atoms with E-state index in [0.717, 1.165) is 37.8 Å². The lowest BCUT2D eigenvalue weighted by molar-refractivity contribution is -0.132. The average molecular weight is 261 g/mol. The van der Waals surface area contributed by atoms with Crippen LogP contribution in [0.4, 0.5) is 0 Å². The fraction of sp³-hybridized carbons (Fsp3) is 0.625. The summed E-state index contributed by atoms with van der Waals surface area (Å²) in [4.78, 5) is 16.9. The van der Waals surface area contributed by atoms with Gasteiger partial charge in [0.25, 0.3) is 0 Å². The van der Waals surface area contributed by atoms with Gasteiger partial charge in [-0.25, -0.2) is 0 Å². The van der Waals surface area contributed by atoms with E-state index in [1.54, 1.807) is 6.20 Å². The van der Waals surface area contributed by atoms with Crippen LogP contribution in [0.15, 0.2) is 18.3 Å². The molecular formula is C16H23NO2. The van der Waals surface area contributed by atoms with Crippen molar-refractivity contribution < 1.29 is 9.90 Å². The van der Waals surface area contributed by atoms with Gasteiger partial charge in [-0.15, -0.1) is 0 Å². The third-order valence-corrected chi connectivity index (χ3v) is 4.33. The van der Waals surface area contributed by atoms with Crippen LogP contribution >= 0.6 is 0 Å². The summed E-state index contributed by atoms with van der Waals surface area (Å²) in [6.45, 7) is 4.05. The van der Waals surface area contributed by atoms with Gasteiger partial charge in [-0.1, -0.05) is 32.8 Å². The molecule has 104 valence electrons. The molecule has 0 aliphatic heterocycles. The Morgan fingerprint density at radius 3 is 2.89 bits per heavy atom. The molecule has 3 heteroatoms. The molecule has 0 aromatic carbocycles. The molecule has 0 saturated heterocycles. The Balaban J connectivity index is 2.21. The van der Waals surface area contributed by atoms with Crippen LogP contribution < -0.4 is 0 Å².